The van der Waals surface area contributed by atoms with Gasteiger partial charge in [-0.25, -0.2) is 0 Å². The molecule has 3 aliphatic carbocycles. The number of benzene rings is 2. The molecule has 2 bridgehead atoms. The Hall–Kier alpha value is -2.04. The van der Waals surface area contributed by atoms with E-state index in [1.165, 1.54) is 68.3 Å². The Kier molecular flexibility index (Phi) is 5.81. The van der Waals surface area contributed by atoms with Crippen LogP contribution in [0.15, 0.2) is 42.5 Å². The fraction of sp³-hybridized carbons (Fsp3) is 0.625. The first kappa shape index (κ1) is 23.1. The average molecular weight is 488 g/mol. The molecule has 1 saturated heterocycles. The number of unbranched alkanes of at least 4 members (excludes halogenated alkanes) is 2. The highest BCUT2D eigenvalue weighted by molar-refractivity contribution is 5.62. The second-order valence-electron chi connectivity index (χ2n) is 12.0. The van der Waals surface area contributed by atoms with Gasteiger partial charge in [0, 0.05) is 24.8 Å². The Morgan fingerprint density at radius 3 is 2.75 bits per heavy atom. The van der Waals surface area contributed by atoms with Crippen LogP contribution in [0.1, 0.15) is 81.4 Å². The number of likely N-dealkylation sites (tertiary alicyclic amines) is 1. The van der Waals surface area contributed by atoms with Crippen LogP contribution >= 0.6 is 0 Å². The van der Waals surface area contributed by atoms with Crippen molar-refractivity contribution in [3.05, 3.63) is 59.2 Å². The number of hydrogen-bond acceptors (Lipinski definition) is 4. The molecule has 0 radical (unpaired) electrons. The highest BCUT2D eigenvalue weighted by Crippen LogP contribution is 2.67. The minimum absolute atomic E-state index is 0.0305. The summed E-state index contributed by atoms with van der Waals surface area (Å²) in [6, 6.07) is 15.5. The van der Waals surface area contributed by atoms with Crippen molar-refractivity contribution in [2.24, 2.45) is 5.92 Å². The van der Waals surface area contributed by atoms with Crippen molar-refractivity contribution in [1.29, 1.82) is 0 Å². The summed E-state index contributed by atoms with van der Waals surface area (Å²) in [6.45, 7) is 6.17. The Morgan fingerprint density at radius 1 is 1.03 bits per heavy atom. The smallest absolute Gasteiger partial charge is 0.165 e. The molecule has 4 nitrogen and oxygen atoms in total. The minimum Gasteiger partial charge on any atom is -0.485 e. The minimum atomic E-state index is -0.132. The molecular weight excluding hydrogens is 446 g/mol. The summed E-state index contributed by atoms with van der Waals surface area (Å²) in [5, 5.41) is 0. The van der Waals surface area contributed by atoms with E-state index in [9.17, 15) is 0 Å². The van der Waals surface area contributed by atoms with Crippen molar-refractivity contribution in [3.8, 4) is 11.5 Å². The molecule has 2 aliphatic heterocycles. The molecular formula is C32H41NO3. The number of piperidine rings is 1. The average Bonchev–Trinajstić information content (AvgIpc) is 3.66. The predicted octanol–water partition coefficient (Wildman–Crippen LogP) is 6.43. The summed E-state index contributed by atoms with van der Waals surface area (Å²) in [4.78, 5) is 2.84. The number of hydrogen-bond donors (Lipinski definition) is 0. The van der Waals surface area contributed by atoms with Crippen LogP contribution in [0.3, 0.4) is 0 Å². The van der Waals surface area contributed by atoms with E-state index in [0.29, 0.717) is 12.6 Å². The molecule has 1 unspecified atom stereocenters. The second kappa shape index (κ2) is 9.06. The van der Waals surface area contributed by atoms with E-state index in [1.807, 2.05) is 0 Å². The molecule has 2 heterocycles. The molecule has 4 atom stereocenters. The maximum absolute atomic E-state index is 7.23. The SMILES string of the molecule is CCCCCO[C@@]12CCCC3Oc4c(OCc5ccccc5)ccc5c4[C@@]31CCN(CC1CC1)[C@@H]2C5. The van der Waals surface area contributed by atoms with Crippen LogP contribution in [-0.4, -0.2) is 42.3 Å². The van der Waals surface area contributed by atoms with Gasteiger partial charge < -0.3 is 14.2 Å². The Balaban J connectivity index is 1.28. The van der Waals surface area contributed by atoms with Crippen LogP contribution in [-0.2, 0) is 23.2 Å². The van der Waals surface area contributed by atoms with Crippen molar-refractivity contribution in [2.45, 2.75) is 101 Å². The molecule has 0 amide bonds. The molecule has 0 aromatic heterocycles. The molecule has 36 heavy (non-hydrogen) atoms. The summed E-state index contributed by atoms with van der Waals surface area (Å²) in [5.41, 5.74) is 3.97. The van der Waals surface area contributed by atoms with Crippen molar-refractivity contribution < 1.29 is 14.2 Å². The summed E-state index contributed by atoms with van der Waals surface area (Å²) in [5.74, 6) is 2.85. The van der Waals surface area contributed by atoms with E-state index in [2.05, 4.69) is 54.3 Å². The van der Waals surface area contributed by atoms with E-state index in [0.717, 1.165) is 49.7 Å². The lowest BCUT2D eigenvalue weighted by molar-refractivity contribution is -0.216. The van der Waals surface area contributed by atoms with Gasteiger partial charge in [-0.3, -0.25) is 4.90 Å². The van der Waals surface area contributed by atoms with Crippen molar-refractivity contribution in [3.63, 3.8) is 0 Å². The first-order valence-electron chi connectivity index (χ1n) is 14.6. The van der Waals surface area contributed by atoms with E-state index in [1.54, 1.807) is 0 Å². The van der Waals surface area contributed by atoms with Gasteiger partial charge in [0.1, 0.15) is 12.7 Å². The fourth-order valence-corrected chi connectivity index (χ4v) is 8.18. The molecule has 3 fully saturated rings. The van der Waals surface area contributed by atoms with Crippen molar-refractivity contribution in [2.75, 3.05) is 19.7 Å². The molecule has 2 aromatic carbocycles. The Labute approximate surface area is 216 Å². The fourth-order valence-electron chi connectivity index (χ4n) is 8.18. The Morgan fingerprint density at radius 2 is 1.92 bits per heavy atom. The van der Waals surface area contributed by atoms with E-state index < -0.39 is 0 Å². The highest BCUT2D eigenvalue weighted by atomic mass is 16.5. The predicted molar refractivity (Wildman–Crippen MR) is 142 cm³/mol. The van der Waals surface area contributed by atoms with Crippen LogP contribution < -0.4 is 9.47 Å². The van der Waals surface area contributed by atoms with Gasteiger partial charge in [0.2, 0.25) is 0 Å². The summed E-state index contributed by atoms with van der Waals surface area (Å²) in [7, 11) is 0. The summed E-state index contributed by atoms with van der Waals surface area (Å²) >= 11 is 0. The van der Waals surface area contributed by atoms with Gasteiger partial charge in [-0.1, -0.05) is 56.2 Å². The van der Waals surface area contributed by atoms with Gasteiger partial charge in [-0.15, -0.1) is 0 Å². The van der Waals surface area contributed by atoms with E-state index in [4.69, 9.17) is 14.2 Å². The molecule has 1 spiro atoms. The monoisotopic (exact) mass is 487 g/mol. The second-order valence-corrected chi connectivity index (χ2v) is 12.0. The Bertz CT molecular complexity index is 1100. The van der Waals surface area contributed by atoms with Crippen molar-refractivity contribution in [1.82, 2.24) is 4.90 Å². The van der Waals surface area contributed by atoms with Crippen molar-refractivity contribution >= 4 is 0 Å². The van der Waals surface area contributed by atoms with Gasteiger partial charge >= 0.3 is 0 Å². The van der Waals surface area contributed by atoms with Crippen LogP contribution in [0, 0.1) is 5.92 Å². The molecule has 2 aromatic rings. The lowest BCUT2D eigenvalue weighted by atomic mass is 9.49. The maximum atomic E-state index is 7.23. The molecule has 5 aliphatic rings. The van der Waals surface area contributed by atoms with Crippen LogP contribution in [0.2, 0.25) is 0 Å². The third-order valence-corrected chi connectivity index (χ3v) is 9.95. The normalized spacial score (nSPS) is 32.1. The summed E-state index contributed by atoms with van der Waals surface area (Å²) < 4.78 is 20.6. The van der Waals surface area contributed by atoms with Gasteiger partial charge in [-0.2, -0.15) is 0 Å². The molecule has 0 N–H and O–H groups in total. The standard InChI is InChI=1S/C32H41NO3/c1-2-3-7-19-35-32-16-8-11-28-31(32)17-18-33(21-23-12-13-23)27(32)20-25-14-15-26(30(36-28)29(25)31)34-22-24-9-5-4-6-10-24/h4-6,9-10,14-15,23,27-28H,2-3,7-8,11-13,16-22H2,1H3/t27-,28?,31-,32-/m1/s1. The van der Waals surface area contributed by atoms with E-state index in [-0.39, 0.29) is 17.1 Å². The zero-order chi connectivity index (χ0) is 24.2. The van der Waals surface area contributed by atoms with Crippen LogP contribution in [0.5, 0.6) is 11.5 Å². The van der Waals surface area contributed by atoms with Gasteiger partial charge in [0.25, 0.3) is 0 Å². The largest absolute Gasteiger partial charge is 0.485 e. The van der Waals surface area contributed by atoms with E-state index >= 15 is 0 Å². The maximum Gasteiger partial charge on any atom is 0.165 e. The quantitative estimate of drug-likeness (QED) is 0.361. The topological polar surface area (TPSA) is 30.9 Å². The first-order chi connectivity index (χ1) is 17.7. The first-order valence-corrected chi connectivity index (χ1v) is 14.6. The highest BCUT2D eigenvalue weighted by Gasteiger charge is 2.72. The number of ether oxygens (including phenoxy) is 3. The van der Waals surface area contributed by atoms with Gasteiger partial charge in [-0.05, 0) is 81.0 Å². The number of nitrogens with zero attached hydrogens (tertiary/aromatic N) is 1. The third-order valence-electron chi connectivity index (χ3n) is 9.95. The zero-order valence-electron chi connectivity index (χ0n) is 21.8. The number of rotatable bonds is 10. The molecule has 2 saturated carbocycles. The van der Waals surface area contributed by atoms with Gasteiger partial charge in [0.05, 0.1) is 11.0 Å². The van der Waals surface area contributed by atoms with Crippen LogP contribution in [0.4, 0.5) is 0 Å². The van der Waals surface area contributed by atoms with Gasteiger partial charge in [0.15, 0.2) is 11.5 Å². The lowest BCUT2D eigenvalue weighted by Crippen LogP contribution is -2.76. The molecule has 192 valence electrons. The van der Waals surface area contributed by atoms with Crippen LogP contribution in [0.25, 0.3) is 0 Å². The molecule has 4 heteroatoms. The lowest BCUT2D eigenvalue weighted by Gasteiger charge is -2.65. The zero-order valence-corrected chi connectivity index (χ0v) is 21.8. The third kappa shape index (κ3) is 3.47. The summed E-state index contributed by atoms with van der Waals surface area (Å²) in [6.07, 6.45) is 12.4. The molecule has 7 rings (SSSR count).